The van der Waals surface area contributed by atoms with Gasteiger partial charge in [0.15, 0.2) is 0 Å². The lowest BCUT2D eigenvalue weighted by molar-refractivity contribution is -0.0763. The Kier molecular flexibility index (Phi) is 7.17. The van der Waals surface area contributed by atoms with E-state index in [4.69, 9.17) is 9.57 Å². The number of hydrogen-bond donors (Lipinski definition) is 1. The maximum Gasteiger partial charge on any atom is 0.407 e. The van der Waals surface area contributed by atoms with Crippen LogP contribution in [0, 0.1) is 0 Å². The summed E-state index contributed by atoms with van der Waals surface area (Å²) in [5.41, 5.74) is 1.50. The number of carbonyl (C=O) groups excluding carboxylic acids is 2. The molecule has 0 aliphatic heterocycles. The van der Waals surface area contributed by atoms with Gasteiger partial charge < -0.3 is 10.1 Å². The molecule has 8 nitrogen and oxygen atoms in total. The quantitative estimate of drug-likeness (QED) is 0.582. The summed E-state index contributed by atoms with van der Waals surface area (Å²) in [5, 5.41) is 8.43. The van der Waals surface area contributed by atoms with Crippen LogP contribution < -0.4 is 5.32 Å². The van der Waals surface area contributed by atoms with Crippen molar-refractivity contribution in [3.8, 4) is 11.3 Å². The number of aromatic nitrogens is 2. The molecule has 1 aromatic carbocycles. The van der Waals surface area contributed by atoms with E-state index in [9.17, 15) is 9.59 Å². The molecular weight excluding hydrogens is 360 g/mol. The van der Waals surface area contributed by atoms with E-state index in [2.05, 4.69) is 10.4 Å². The second-order valence-corrected chi connectivity index (χ2v) is 7.27. The summed E-state index contributed by atoms with van der Waals surface area (Å²) in [6, 6.07) is 11.4. The van der Waals surface area contributed by atoms with Crippen molar-refractivity contribution in [1.29, 1.82) is 0 Å². The fourth-order valence-corrected chi connectivity index (χ4v) is 2.49. The van der Waals surface area contributed by atoms with E-state index in [1.807, 2.05) is 51.1 Å². The van der Waals surface area contributed by atoms with E-state index in [0.717, 1.165) is 10.6 Å². The van der Waals surface area contributed by atoms with Crippen LogP contribution in [-0.2, 0) is 16.1 Å². The van der Waals surface area contributed by atoms with Crippen LogP contribution in [-0.4, -0.2) is 53.1 Å². The SMILES string of the molecule is CON(C)C(=O)c1cc(-c2ccccc2)nn1CCCNC(=O)OC(C)(C)C. The predicted octanol–water partition coefficient (Wildman–Crippen LogP) is 3.10. The van der Waals surface area contributed by atoms with Crippen molar-refractivity contribution < 1.29 is 19.2 Å². The number of hydrogen-bond acceptors (Lipinski definition) is 5. The highest BCUT2D eigenvalue weighted by Gasteiger charge is 2.20. The predicted molar refractivity (Wildman–Crippen MR) is 106 cm³/mol. The van der Waals surface area contributed by atoms with Gasteiger partial charge in [0, 0.05) is 25.7 Å². The van der Waals surface area contributed by atoms with Gasteiger partial charge in [-0.15, -0.1) is 0 Å². The van der Waals surface area contributed by atoms with E-state index in [0.29, 0.717) is 30.9 Å². The maximum atomic E-state index is 12.6. The van der Waals surface area contributed by atoms with Crippen LogP contribution in [0.25, 0.3) is 11.3 Å². The number of benzene rings is 1. The fourth-order valence-electron chi connectivity index (χ4n) is 2.49. The third-order valence-electron chi connectivity index (χ3n) is 3.84. The number of rotatable bonds is 7. The maximum absolute atomic E-state index is 12.6. The number of carbonyl (C=O) groups is 2. The third-order valence-corrected chi connectivity index (χ3v) is 3.84. The molecule has 0 atom stereocenters. The number of hydroxylamine groups is 2. The zero-order valence-corrected chi connectivity index (χ0v) is 17.1. The third kappa shape index (κ3) is 6.09. The number of alkyl carbamates (subject to hydrolysis) is 1. The first-order chi connectivity index (χ1) is 13.2. The van der Waals surface area contributed by atoms with Crippen LogP contribution in [0.3, 0.4) is 0 Å². The molecule has 0 bridgehead atoms. The smallest absolute Gasteiger partial charge is 0.407 e. The van der Waals surface area contributed by atoms with Crippen molar-refractivity contribution in [2.45, 2.75) is 39.3 Å². The average molecular weight is 388 g/mol. The topological polar surface area (TPSA) is 85.7 Å². The zero-order chi connectivity index (χ0) is 20.7. The minimum atomic E-state index is -0.541. The van der Waals surface area contributed by atoms with E-state index in [1.54, 1.807) is 17.8 Å². The molecule has 0 fully saturated rings. The summed E-state index contributed by atoms with van der Waals surface area (Å²) in [7, 11) is 2.98. The minimum Gasteiger partial charge on any atom is -0.444 e. The Balaban J connectivity index is 2.08. The summed E-state index contributed by atoms with van der Waals surface area (Å²) in [5.74, 6) is -0.294. The highest BCUT2D eigenvalue weighted by atomic mass is 16.7. The number of ether oxygens (including phenoxy) is 1. The van der Waals surface area contributed by atoms with Crippen LogP contribution >= 0.6 is 0 Å². The van der Waals surface area contributed by atoms with Crippen molar-refractivity contribution in [3.05, 3.63) is 42.1 Å². The first kappa shape index (κ1) is 21.4. The molecular formula is C20H28N4O4. The highest BCUT2D eigenvalue weighted by molar-refractivity contribution is 5.92. The molecule has 0 unspecified atom stereocenters. The van der Waals surface area contributed by atoms with E-state index in [-0.39, 0.29) is 5.91 Å². The summed E-state index contributed by atoms with van der Waals surface area (Å²) in [4.78, 5) is 29.3. The van der Waals surface area contributed by atoms with Crippen molar-refractivity contribution >= 4 is 12.0 Å². The van der Waals surface area contributed by atoms with Crippen LogP contribution in [0.5, 0.6) is 0 Å². The lowest BCUT2D eigenvalue weighted by Gasteiger charge is -2.19. The zero-order valence-electron chi connectivity index (χ0n) is 17.1. The molecule has 2 rings (SSSR count). The fraction of sp³-hybridized carbons (Fsp3) is 0.450. The Hall–Kier alpha value is -2.87. The molecule has 28 heavy (non-hydrogen) atoms. The van der Waals surface area contributed by atoms with E-state index in [1.165, 1.54) is 7.11 Å². The number of nitrogens with one attached hydrogen (secondary N) is 1. The largest absolute Gasteiger partial charge is 0.444 e. The van der Waals surface area contributed by atoms with Gasteiger partial charge in [-0.2, -0.15) is 5.10 Å². The molecule has 0 saturated heterocycles. The van der Waals surface area contributed by atoms with Gasteiger partial charge in [-0.1, -0.05) is 30.3 Å². The molecule has 152 valence electrons. The van der Waals surface area contributed by atoms with Gasteiger partial charge >= 0.3 is 6.09 Å². The first-order valence-corrected chi connectivity index (χ1v) is 9.13. The van der Waals surface area contributed by atoms with Crippen LogP contribution in [0.1, 0.15) is 37.7 Å². The highest BCUT2D eigenvalue weighted by Crippen LogP contribution is 2.20. The molecule has 1 N–H and O–H groups in total. The molecule has 1 heterocycles. The number of amides is 2. The molecule has 1 aromatic heterocycles. The molecule has 8 heteroatoms. The molecule has 0 aliphatic rings. The minimum absolute atomic E-state index is 0.294. The van der Waals surface area contributed by atoms with E-state index < -0.39 is 11.7 Å². The van der Waals surface area contributed by atoms with Crippen LogP contribution in [0.2, 0.25) is 0 Å². The second-order valence-electron chi connectivity index (χ2n) is 7.27. The van der Waals surface area contributed by atoms with Gasteiger partial charge in [-0.05, 0) is 33.3 Å². The summed E-state index contributed by atoms with van der Waals surface area (Å²) in [6.45, 7) is 6.30. The van der Waals surface area contributed by atoms with Gasteiger partial charge in [0.2, 0.25) is 0 Å². The van der Waals surface area contributed by atoms with Crippen molar-refractivity contribution in [2.75, 3.05) is 20.7 Å². The van der Waals surface area contributed by atoms with Crippen molar-refractivity contribution in [1.82, 2.24) is 20.2 Å². The van der Waals surface area contributed by atoms with Gasteiger partial charge in [0.05, 0.1) is 12.8 Å². The average Bonchev–Trinajstić information content (AvgIpc) is 3.07. The molecule has 2 amide bonds. The summed E-state index contributed by atoms with van der Waals surface area (Å²) < 4.78 is 6.85. The first-order valence-electron chi connectivity index (χ1n) is 9.13. The molecule has 0 aliphatic carbocycles. The molecule has 0 radical (unpaired) electrons. The van der Waals surface area contributed by atoms with Crippen LogP contribution in [0.15, 0.2) is 36.4 Å². The molecule has 2 aromatic rings. The van der Waals surface area contributed by atoms with Gasteiger partial charge in [-0.3, -0.25) is 14.3 Å². The lowest BCUT2D eigenvalue weighted by atomic mass is 10.1. The van der Waals surface area contributed by atoms with Gasteiger partial charge in [-0.25, -0.2) is 9.86 Å². The Morgan fingerprint density at radius 2 is 1.89 bits per heavy atom. The standard InChI is InChI=1S/C20H28N4O4/c1-20(2,3)28-19(26)21-12-9-13-24-17(18(25)23(4)27-5)14-16(22-24)15-10-7-6-8-11-15/h6-8,10-11,14H,9,12-13H2,1-5H3,(H,21,26). The Morgan fingerprint density at radius 1 is 1.21 bits per heavy atom. The van der Waals surface area contributed by atoms with Crippen LogP contribution in [0.4, 0.5) is 4.79 Å². The van der Waals surface area contributed by atoms with Crippen molar-refractivity contribution in [3.63, 3.8) is 0 Å². The number of aryl methyl sites for hydroxylation is 1. The molecule has 0 saturated carbocycles. The normalized spacial score (nSPS) is 11.2. The van der Waals surface area contributed by atoms with Crippen molar-refractivity contribution in [2.24, 2.45) is 0 Å². The lowest BCUT2D eigenvalue weighted by Crippen LogP contribution is -2.33. The number of nitrogens with zero attached hydrogens (tertiary/aromatic N) is 3. The Labute approximate surface area is 165 Å². The van der Waals surface area contributed by atoms with Gasteiger partial charge in [0.1, 0.15) is 11.3 Å². The summed E-state index contributed by atoms with van der Waals surface area (Å²) >= 11 is 0. The van der Waals surface area contributed by atoms with E-state index >= 15 is 0 Å². The van der Waals surface area contributed by atoms with Gasteiger partial charge in [0.25, 0.3) is 5.91 Å². The second kappa shape index (κ2) is 9.36. The Morgan fingerprint density at radius 3 is 2.50 bits per heavy atom. The molecule has 0 spiro atoms. The Bertz CT molecular complexity index is 796. The monoisotopic (exact) mass is 388 g/mol. The summed E-state index contributed by atoms with van der Waals surface area (Å²) in [6.07, 6.45) is 0.125.